The molecule has 0 amide bonds. The molecule has 0 aliphatic rings. The van der Waals surface area contributed by atoms with Crippen LogP contribution in [-0.4, -0.2) is 31.6 Å². The van der Waals surface area contributed by atoms with Gasteiger partial charge in [0.15, 0.2) is 0 Å². The summed E-state index contributed by atoms with van der Waals surface area (Å²) < 4.78 is 31.5. The van der Waals surface area contributed by atoms with E-state index < -0.39 is 6.55 Å². The predicted molar refractivity (Wildman–Crippen MR) is 76.3 cm³/mol. The molecule has 9 heteroatoms. The molecule has 0 saturated heterocycles. The van der Waals surface area contributed by atoms with Crippen LogP contribution in [0, 0.1) is 0 Å². The highest BCUT2D eigenvalue weighted by Crippen LogP contribution is 2.21. The SMILES string of the molecule is CN(Cc1nc(-c2cccs2)no1)Cc1nccn1C(F)F. The van der Waals surface area contributed by atoms with E-state index in [0.717, 1.165) is 9.44 Å². The number of halogens is 2. The van der Waals surface area contributed by atoms with Crippen LogP contribution >= 0.6 is 11.3 Å². The summed E-state index contributed by atoms with van der Waals surface area (Å²) in [5, 5.41) is 5.84. The minimum atomic E-state index is -2.60. The number of rotatable bonds is 6. The lowest BCUT2D eigenvalue weighted by atomic mass is 10.4. The molecule has 0 N–H and O–H groups in total. The fourth-order valence-corrected chi connectivity index (χ4v) is 2.65. The second-order valence-corrected chi connectivity index (χ2v) is 5.64. The molecule has 3 heterocycles. The maximum absolute atomic E-state index is 12.8. The van der Waals surface area contributed by atoms with Crippen molar-refractivity contribution in [3.63, 3.8) is 0 Å². The van der Waals surface area contributed by atoms with Gasteiger partial charge in [-0.2, -0.15) is 13.8 Å². The van der Waals surface area contributed by atoms with Crippen LogP contribution in [-0.2, 0) is 13.1 Å². The zero-order valence-electron chi connectivity index (χ0n) is 11.7. The topological polar surface area (TPSA) is 60.0 Å². The Labute approximate surface area is 129 Å². The molecule has 3 aromatic rings. The fraction of sp³-hybridized carbons (Fsp3) is 0.308. The number of thiophene rings is 1. The minimum absolute atomic E-state index is 0.258. The van der Waals surface area contributed by atoms with Gasteiger partial charge in [0.1, 0.15) is 5.82 Å². The third-order valence-electron chi connectivity index (χ3n) is 2.99. The average molecular weight is 325 g/mol. The van der Waals surface area contributed by atoms with E-state index in [1.807, 2.05) is 17.5 Å². The van der Waals surface area contributed by atoms with Crippen LogP contribution in [0.2, 0.25) is 0 Å². The molecule has 3 aromatic heterocycles. The summed E-state index contributed by atoms with van der Waals surface area (Å²) in [5.74, 6) is 1.25. The highest BCUT2D eigenvalue weighted by molar-refractivity contribution is 7.13. The third-order valence-corrected chi connectivity index (χ3v) is 3.85. The van der Waals surface area contributed by atoms with Crippen molar-refractivity contribution in [2.45, 2.75) is 19.6 Å². The van der Waals surface area contributed by atoms with Gasteiger partial charge in [-0.05, 0) is 18.5 Å². The van der Waals surface area contributed by atoms with Gasteiger partial charge in [0.2, 0.25) is 11.7 Å². The zero-order valence-corrected chi connectivity index (χ0v) is 12.5. The standard InChI is InChI=1S/C13H13F2N5OS/c1-19(7-10-16-4-5-20(10)13(14)15)8-11-17-12(18-21-11)9-3-2-6-22-9/h2-6,13H,7-8H2,1H3. The Bertz CT molecular complexity index is 724. The van der Waals surface area contributed by atoms with Crippen LogP contribution in [0.5, 0.6) is 0 Å². The number of nitrogens with zero attached hydrogens (tertiary/aromatic N) is 5. The summed E-state index contributed by atoms with van der Waals surface area (Å²) in [4.78, 5) is 10.9. The van der Waals surface area contributed by atoms with Crippen molar-refractivity contribution >= 4 is 11.3 Å². The molecule has 0 bridgehead atoms. The molecule has 6 nitrogen and oxygen atoms in total. The maximum atomic E-state index is 12.8. The Balaban J connectivity index is 1.64. The van der Waals surface area contributed by atoms with Crippen molar-refractivity contribution in [1.82, 2.24) is 24.6 Å². The Hall–Kier alpha value is -2.13. The third kappa shape index (κ3) is 3.20. The van der Waals surface area contributed by atoms with Crippen LogP contribution in [0.15, 0.2) is 34.4 Å². The lowest BCUT2D eigenvalue weighted by Crippen LogP contribution is -2.20. The number of hydrogen-bond donors (Lipinski definition) is 0. The average Bonchev–Trinajstić information content (AvgIpc) is 3.18. The molecule has 0 saturated carbocycles. The summed E-state index contributed by atoms with van der Waals surface area (Å²) in [6.45, 7) is -1.98. The second-order valence-electron chi connectivity index (χ2n) is 4.69. The van der Waals surface area contributed by atoms with Gasteiger partial charge in [-0.1, -0.05) is 11.2 Å². The molecule has 0 atom stereocenters. The Morgan fingerprint density at radius 2 is 2.27 bits per heavy atom. The number of imidazole rings is 1. The summed E-state index contributed by atoms with van der Waals surface area (Å²) in [6, 6.07) is 3.81. The largest absolute Gasteiger partial charge is 0.338 e. The number of alkyl halides is 2. The highest BCUT2D eigenvalue weighted by Gasteiger charge is 2.15. The van der Waals surface area contributed by atoms with E-state index in [0.29, 0.717) is 18.3 Å². The Morgan fingerprint density at radius 1 is 1.41 bits per heavy atom. The zero-order chi connectivity index (χ0) is 15.5. The molecular formula is C13H13F2N5OS. The molecule has 116 valence electrons. The number of hydrogen-bond acceptors (Lipinski definition) is 6. The maximum Gasteiger partial charge on any atom is 0.319 e. The summed E-state index contributed by atoms with van der Waals surface area (Å²) in [5.41, 5.74) is 0. The normalized spacial score (nSPS) is 11.7. The lowest BCUT2D eigenvalue weighted by Gasteiger charge is -2.14. The van der Waals surface area contributed by atoms with Crippen molar-refractivity contribution in [1.29, 1.82) is 0 Å². The summed E-state index contributed by atoms with van der Waals surface area (Å²) >= 11 is 1.52. The first kappa shape index (κ1) is 14.8. The molecule has 0 spiro atoms. The van der Waals surface area contributed by atoms with Gasteiger partial charge in [0.05, 0.1) is 18.0 Å². The quantitative estimate of drug-likeness (QED) is 0.697. The lowest BCUT2D eigenvalue weighted by molar-refractivity contribution is 0.0642. The van der Waals surface area contributed by atoms with E-state index in [-0.39, 0.29) is 12.4 Å². The second kappa shape index (κ2) is 6.32. The van der Waals surface area contributed by atoms with Gasteiger partial charge in [0.25, 0.3) is 0 Å². The van der Waals surface area contributed by atoms with Crippen molar-refractivity contribution in [2.75, 3.05) is 7.05 Å². The van der Waals surface area contributed by atoms with Crippen LogP contribution < -0.4 is 0 Å². The Kier molecular flexibility index (Phi) is 4.25. The van der Waals surface area contributed by atoms with E-state index in [4.69, 9.17) is 4.52 Å². The van der Waals surface area contributed by atoms with Gasteiger partial charge < -0.3 is 4.52 Å². The van der Waals surface area contributed by atoms with Crippen LogP contribution in [0.25, 0.3) is 10.7 Å². The molecule has 0 aromatic carbocycles. The van der Waals surface area contributed by atoms with Crippen molar-refractivity contribution in [3.8, 4) is 10.7 Å². The van der Waals surface area contributed by atoms with Gasteiger partial charge in [0, 0.05) is 12.4 Å². The molecule has 0 unspecified atom stereocenters. The summed E-state index contributed by atoms with van der Waals surface area (Å²) in [7, 11) is 1.78. The Morgan fingerprint density at radius 3 is 3.00 bits per heavy atom. The molecule has 0 radical (unpaired) electrons. The van der Waals surface area contributed by atoms with E-state index in [2.05, 4.69) is 15.1 Å². The van der Waals surface area contributed by atoms with Crippen molar-refractivity contribution < 1.29 is 13.3 Å². The fourth-order valence-electron chi connectivity index (χ4n) is 2.00. The van der Waals surface area contributed by atoms with Gasteiger partial charge in [-0.15, -0.1) is 11.3 Å². The van der Waals surface area contributed by atoms with Crippen LogP contribution in [0.4, 0.5) is 8.78 Å². The minimum Gasteiger partial charge on any atom is -0.338 e. The van der Waals surface area contributed by atoms with Crippen LogP contribution in [0.1, 0.15) is 18.3 Å². The molecular weight excluding hydrogens is 312 g/mol. The van der Waals surface area contributed by atoms with Crippen molar-refractivity contribution in [2.24, 2.45) is 0 Å². The molecule has 22 heavy (non-hydrogen) atoms. The molecule has 0 aliphatic heterocycles. The van der Waals surface area contributed by atoms with Gasteiger partial charge >= 0.3 is 6.55 Å². The molecule has 3 rings (SSSR count). The van der Waals surface area contributed by atoms with E-state index in [1.54, 1.807) is 11.9 Å². The summed E-state index contributed by atoms with van der Waals surface area (Å²) in [6.07, 6.45) is 2.62. The predicted octanol–water partition coefficient (Wildman–Crippen LogP) is 3.02. The smallest absolute Gasteiger partial charge is 0.319 e. The molecule has 0 fully saturated rings. The van der Waals surface area contributed by atoms with Gasteiger partial charge in [-0.3, -0.25) is 9.47 Å². The van der Waals surface area contributed by atoms with Crippen molar-refractivity contribution in [3.05, 3.63) is 41.6 Å². The number of aromatic nitrogens is 4. The van der Waals surface area contributed by atoms with E-state index >= 15 is 0 Å². The highest BCUT2D eigenvalue weighted by atomic mass is 32.1. The first-order chi connectivity index (χ1) is 10.6. The van der Waals surface area contributed by atoms with Crippen LogP contribution in [0.3, 0.4) is 0 Å². The van der Waals surface area contributed by atoms with Gasteiger partial charge in [-0.25, -0.2) is 4.98 Å². The monoisotopic (exact) mass is 325 g/mol. The van der Waals surface area contributed by atoms with E-state index in [1.165, 1.54) is 23.7 Å². The van der Waals surface area contributed by atoms with E-state index in [9.17, 15) is 8.78 Å². The first-order valence-electron chi connectivity index (χ1n) is 6.48. The molecule has 0 aliphatic carbocycles. The first-order valence-corrected chi connectivity index (χ1v) is 7.36.